The molecule has 18 heavy (non-hydrogen) atoms. The second-order valence-corrected chi connectivity index (χ2v) is 6.25. The molecule has 1 aromatic rings. The van der Waals surface area contributed by atoms with E-state index in [1.165, 1.54) is 17.7 Å². The summed E-state index contributed by atoms with van der Waals surface area (Å²) in [4.78, 5) is 15.6. The van der Waals surface area contributed by atoms with Gasteiger partial charge in [0, 0.05) is 11.4 Å². The highest BCUT2D eigenvalue weighted by molar-refractivity contribution is 7.09. The Balaban J connectivity index is 1.80. The molecule has 2 atom stereocenters. The fourth-order valence-electron chi connectivity index (χ4n) is 2.48. The largest absolute Gasteiger partial charge is 0.350 e. The van der Waals surface area contributed by atoms with Crippen molar-refractivity contribution in [3.05, 3.63) is 22.4 Å². The zero-order valence-corrected chi connectivity index (χ0v) is 12.0. The van der Waals surface area contributed by atoms with Gasteiger partial charge in [-0.2, -0.15) is 0 Å². The molecule has 0 aliphatic carbocycles. The molecular formula is C14H22N2OS. The minimum atomic E-state index is -0.00675. The smallest absolute Gasteiger partial charge is 0.237 e. The fraction of sp³-hybridized carbons (Fsp3) is 0.643. The van der Waals surface area contributed by atoms with Gasteiger partial charge in [0.15, 0.2) is 0 Å². The zero-order valence-electron chi connectivity index (χ0n) is 11.2. The number of carbonyl (C=O) groups excluding carboxylic acids is 1. The van der Waals surface area contributed by atoms with Crippen molar-refractivity contribution in [2.45, 2.75) is 39.3 Å². The molecular weight excluding hydrogens is 244 g/mol. The van der Waals surface area contributed by atoms with Gasteiger partial charge in [-0.3, -0.25) is 9.69 Å². The van der Waals surface area contributed by atoms with Crippen molar-refractivity contribution in [1.82, 2.24) is 10.2 Å². The van der Waals surface area contributed by atoms with E-state index >= 15 is 0 Å². The summed E-state index contributed by atoms with van der Waals surface area (Å²) >= 11 is 1.68. The van der Waals surface area contributed by atoms with Gasteiger partial charge in [0.2, 0.25) is 5.91 Å². The van der Waals surface area contributed by atoms with E-state index in [2.05, 4.69) is 23.2 Å². The molecule has 3 nitrogen and oxygen atoms in total. The maximum absolute atomic E-state index is 12.1. The van der Waals surface area contributed by atoms with Crippen LogP contribution < -0.4 is 5.32 Å². The van der Waals surface area contributed by atoms with E-state index < -0.39 is 0 Å². The van der Waals surface area contributed by atoms with Gasteiger partial charge in [-0.15, -0.1) is 11.3 Å². The molecule has 1 fully saturated rings. The van der Waals surface area contributed by atoms with Crippen LogP contribution in [0.15, 0.2) is 17.5 Å². The summed E-state index contributed by atoms with van der Waals surface area (Å²) in [6, 6.07) is 4.06. The van der Waals surface area contributed by atoms with Gasteiger partial charge >= 0.3 is 0 Å². The molecule has 0 radical (unpaired) electrons. The lowest BCUT2D eigenvalue weighted by Crippen LogP contribution is -2.48. The van der Waals surface area contributed by atoms with Crippen molar-refractivity contribution in [1.29, 1.82) is 0 Å². The Morgan fingerprint density at radius 1 is 1.67 bits per heavy atom. The van der Waals surface area contributed by atoms with E-state index in [-0.39, 0.29) is 11.9 Å². The quantitative estimate of drug-likeness (QED) is 0.908. The van der Waals surface area contributed by atoms with E-state index in [9.17, 15) is 4.79 Å². The Labute approximate surface area is 113 Å². The first-order valence-corrected chi connectivity index (χ1v) is 7.59. The van der Waals surface area contributed by atoms with Crippen LogP contribution in [0.4, 0.5) is 0 Å². The van der Waals surface area contributed by atoms with Gasteiger partial charge in [-0.1, -0.05) is 13.0 Å². The molecule has 0 saturated carbocycles. The average Bonchev–Trinajstić information content (AvgIpc) is 2.88. The normalized spacial score (nSPS) is 22.7. The van der Waals surface area contributed by atoms with Gasteiger partial charge in [-0.05, 0) is 43.7 Å². The van der Waals surface area contributed by atoms with Crippen LogP contribution in [-0.4, -0.2) is 29.9 Å². The highest BCUT2D eigenvalue weighted by Crippen LogP contribution is 2.17. The van der Waals surface area contributed by atoms with Crippen LogP contribution >= 0.6 is 11.3 Å². The van der Waals surface area contributed by atoms with E-state index in [1.807, 2.05) is 18.4 Å². The number of amides is 1. The third-order valence-corrected chi connectivity index (χ3v) is 4.51. The third kappa shape index (κ3) is 3.56. The van der Waals surface area contributed by atoms with Crippen molar-refractivity contribution >= 4 is 17.2 Å². The second kappa shape index (κ2) is 6.34. The van der Waals surface area contributed by atoms with Gasteiger partial charge in [0.05, 0.1) is 12.6 Å². The predicted molar refractivity (Wildman–Crippen MR) is 75.6 cm³/mol. The monoisotopic (exact) mass is 266 g/mol. The van der Waals surface area contributed by atoms with E-state index in [0.717, 1.165) is 13.1 Å². The first-order valence-electron chi connectivity index (χ1n) is 6.71. The molecule has 100 valence electrons. The maximum Gasteiger partial charge on any atom is 0.237 e. The highest BCUT2D eigenvalue weighted by Gasteiger charge is 2.25. The number of rotatable bonds is 4. The summed E-state index contributed by atoms with van der Waals surface area (Å²) in [6.07, 6.45) is 2.50. The molecule has 1 N–H and O–H groups in total. The lowest BCUT2D eigenvalue weighted by molar-refractivity contribution is -0.126. The Kier molecular flexibility index (Phi) is 4.78. The minimum Gasteiger partial charge on any atom is -0.350 e. The number of piperidine rings is 1. The van der Waals surface area contributed by atoms with Gasteiger partial charge < -0.3 is 5.32 Å². The van der Waals surface area contributed by atoms with E-state index in [0.29, 0.717) is 12.5 Å². The molecule has 4 heteroatoms. The van der Waals surface area contributed by atoms with Gasteiger partial charge in [-0.25, -0.2) is 0 Å². The molecule has 1 aromatic heterocycles. The molecule has 0 aromatic carbocycles. The number of likely N-dealkylation sites (tertiary alicyclic amines) is 1. The summed E-state index contributed by atoms with van der Waals surface area (Å²) in [6.45, 7) is 7.04. The van der Waals surface area contributed by atoms with Crippen LogP contribution in [0.3, 0.4) is 0 Å². The summed E-state index contributed by atoms with van der Waals surface area (Å²) in [5, 5.41) is 5.07. The molecule has 1 amide bonds. The number of thiophene rings is 1. The van der Waals surface area contributed by atoms with Crippen molar-refractivity contribution < 1.29 is 4.79 Å². The molecule has 1 aliphatic rings. The van der Waals surface area contributed by atoms with Crippen LogP contribution in [0.1, 0.15) is 31.6 Å². The topological polar surface area (TPSA) is 32.3 Å². The summed E-state index contributed by atoms with van der Waals surface area (Å²) in [5.41, 5.74) is 0. The molecule has 0 unspecified atom stereocenters. The third-order valence-electron chi connectivity index (χ3n) is 3.63. The zero-order chi connectivity index (χ0) is 13.0. The lowest BCUT2D eigenvalue weighted by Gasteiger charge is -2.34. The van der Waals surface area contributed by atoms with Crippen molar-refractivity contribution in [3.8, 4) is 0 Å². The molecule has 2 rings (SSSR count). The molecule has 2 heterocycles. The van der Waals surface area contributed by atoms with Gasteiger partial charge in [0.25, 0.3) is 0 Å². The molecule has 1 saturated heterocycles. The Hall–Kier alpha value is -0.870. The van der Waals surface area contributed by atoms with E-state index in [1.54, 1.807) is 11.3 Å². The van der Waals surface area contributed by atoms with Gasteiger partial charge in [0.1, 0.15) is 0 Å². The SMILES string of the molecule is C[C@H]1CCCN([C@H](C)C(=O)NCc2cccs2)C1. The van der Waals surface area contributed by atoms with E-state index in [4.69, 9.17) is 0 Å². The van der Waals surface area contributed by atoms with Crippen molar-refractivity contribution in [2.75, 3.05) is 13.1 Å². The summed E-state index contributed by atoms with van der Waals surface area (Å²) < 4.78 is 0. The van der Waals surface area contributed by atoms with Crippen molar-refractivity contribution in [3.63, 3.8) is 0 Å². The highest BCUT2D eigenvalue weighted by atomic mass is 32.1. The van der Waals surface area contributed by atoms with Crippen LogP contribution in [0.25, 0.3) is 0 Å². The Morgan fingerprint density at radius 2 is 2.50 bits per heavy atom. The number of nitrogens with one attached hydrogen (secondary N) is 1. The number of hydrogen-bond acceptors (Lipinski definition) is 3. The number of carbonyl (C=O) groups is 1. The predicted octanol–water partition coefficient (Wildman–Crippen LogP) is 2.48. The maximum atomic E-state index is 12.1. The molecule has 0 spiro atoms. The van der Waals surface area contributed by atoms with Crippen LogP contribution in [0, 0.1) is 5.92 Å². The summed E-state index contributed by atoms with van der Waals surface area (Å²) in [5.74, 6) is 0.865. The second-order valence-electron chi connectivity index (χ2n) is 5.22. The first-order chi connectivity index (χ1) is 8.66. The minimum absolute atomic E-state index is 0.00675. The lowest BCUT2D eigenvalue weighted by atomic mass is 9.99. The Morgan fingerprint density at radius 3 is 3.17 bits per heavy atom. The summed E-state index contributed by atoms with van der Waals surface area (Å²) in [7, 11) is 0. The van der Waals surface area contributed by atoms with Crippen LogP contribution in [0.5, 0.6) is 0 Å². The van der Waals surface area contributed by atoms with Crippen LogP contribution in [-0.2, 0) is 11.3 Å². The molecule has 0 bridgehead atoms. The number of nitrogens with zero attached hydrogens (tertiary/aromatic N) is 1. The average molecular weight is 266 g/mol. The van der Waals surface area contributed by atoms with Crippen molar-refractivity contribution in [2.24, 2.45) is 5.92 Å². The number of hydrogen-bond donors (Lipinski definition) is 1. The fourth-order valence-corrected chi connectivity index (χ4v) is 3.12. The van der Waals surface area contributed by atoms with Crippen LogP contribution in [0.2, 0.25) is 0 Å². The molecule has 1 aliphatic heterocycles. The Bertz CT molecular complexity index is 377. The first kappa shape index (κ1) is 13.6. The standard InChI is InChI=1S/C14H22N2OS/c1-11-5-3-7-16(10-11)12(2)14(17)15-9-13-6-4-8-18-13/h4,6,8,11-12H,3,5,7,9-10H2,1-2H3,(H,15,17)/t11-,12+/m0/s1.